The van der Waals surface area contributed by atoms with Gasteiger partial charge in [0.1, 0.15) is 5.69 Å². The smallest absolute Gasteiger partial charge is 0.274 e. The van der Waals surface area contributed by atoms with Crippen molar-refractivity contribution in [2.24, 2.45) is 0 Å². The number of nitrogens with zero attached hydrogens (tertiary/aromatic N) is 2. The number of pyridine rings is 1. The molecule has 1 amide bonds. The molecular formula is C27H23N3O2. The first-order chi connectivity index (χ1) is 15.5. The first-order valence-corrected chi connectivity index (χ1v) is 10.3. The summed E-state index contributed by atoms with van der Waals surface area (Å²) >= 11 is 0. The SMILES string of the molecule is CN(C)c1ccc(/C=C/C(=O)c2cccc(NC(=O)c3ccc4ccccc4n3)c2)cc1. The van der Waals surface area contributed by atoms with E-state index in [1.165, 1.54) is 6.08 Å². The number of carbonyl (C=O) groups excluding carboxylic acids is 2. The van der Waals surface area contributed by atoms with E-state index in [4.69, 9.17) is 0 Å². The average Bonchev–Trinajstić information content (AvgIpc) is 2.82. The molecule has 0 atom stereocenters. The van der Waals surface area contributed by atoms with Gasteiger partial charge >= 0.3 is 0 Å². The van der Waals surface area contributed by atoms with Crippen LogP contribution in [0.1, 0.15) is 26.4 Å². The van der Waals surface area contributed by atoms with Crippen LogP contribution in [-0.2, 0) is 0 Å². The summed E-state index contributed by atoms with van der Waals surface area (Å²) in [6.07, 6.45) is 3.32. The lowest BCUT2D eigenvalue weighted by atomic mass is 10.1. The van der Waals surface area contributed by atoms with E-state index in [0.29, 0.717) is 16.9 Å². The Morgan fingerprint density at radius 2 is 1.66 bits per heavy atom. The predicted molar refractivity (Wildman–Crippen MR) is 130 cm³/mol. The second-order valence-corrected chi connectivity index (χ2v) is 7.61. The van der Waals surface area contributed by atoms with Gasteiger partial charge in [-0.3, -0.25) is 9.59 Å². The number of amides is 1. The summed E-state index contributed by atoms with van der Waals surface area (Å²) in [5.74, 6) is -0.460. The summed E-state index contributed by atoms with van der Waals surface area (Å²) in [6, 6.07) is 26.0. The lowest BCUT2D eigenvalue weighted by Gasteiger charge is -2.11. The number of para-hydroxylation sites is 1. The number of rotatable bonds is 6. The maximum Gasteiger partial charge on any atom is 0.274 e. The molecular weight excluding hydrogens is 398 g/mol. The number of anilines is 2. The predicted octanol–water partition coefficient (Wildman–Crippen LogP) is 5.45. The van der Waals surface area contributed by atoms with Crippen LogP contribution in [0, 0.1) is 0 Å². The van der Waals surface area contributed by atoms with Crippen LogP contribution in [0.15, 0.2) is 91.0 Å². The van der Waals surface area contributed by atoms with Crippen molar-refractivity contribution in [2.45, 2.75) is 0 Å². The van der Waals surface area contributed by atoms with Crippen molar-refractivity contribution in [3.63, 3.8) is 0 Å². The van der Waals surface area contributed by atoms with Crippen LogP contribution >= 0.6 is 0 Å². The molecule has 5 heteroatoms. The topological polar surface area (TPSA) is 62.3 Å². The van der Waals surface area contributed by atoms with Gasteiger partial charge in [-0.25, -0.2) is 4.98 Å². The second-order valence-electron chi connectivity index (χ2n) is 7.61. The quantitative estimate of drug-likeness (QED) is 0.332. The largest absolute Gasteiger partial charge is 0.378 e. The number of fused-ring (bicyclic) bond motifs is 1. The molecule has 0 saturated carbocycles. The zero-order chi connectivity index (χ0) is 22.5. The van der Waals surface area contributed by atoms with Crippen molar-refractivity contribution in [3.8, 4) is 0 Å². The number of benzene rings is 3. The van der Waals surface area contributed by atoms with Crippen molar-refractivity contribution >= 4 is 40.0 Å². The Labute approximate surface area is 187 Å². The zero-order valence-electron chi connectivity index (χ0n) is 17.9. The molecule has 1 heterocycles. The maximum absolute atomic E-state index is 12.6. The maximum atomic E-state index is 12.6. The highest BCUT2D eigenvalue weighted by Crippen LogP contribution is 2.17. The monoisotopic (exact) mass is 421 g/mol. The Kier molecular flexibility index (Phi) is 6.08. The van der Waals surface area contributed by atoms with Gasteiger partial charge in [0.2, 0.25) is 0 Å². The van der Waals surface area contributed by atoms with E-state index >= 15 is 0 Å². The van der Waals surface area contributed by atoms with E-state index in [1.54, 1.807) is 36.4 Å². The lowest BCUT2D eigenvalue weighted by Crippen LogP contribution is -2.14. The Morgan fingerprint density at radius 1 is 0.875 bits per heavy atom. The molecule has 0 saturated heterocycles. The summed E-state index contributed by atoms with van der Waals surface area (Å²) in [6.45, 7) is 0. The third-order valence-corrected chi connectivity index (χ3v) is 5.07. The third kappa shape index (κ3) is 4.90. The fraction of sp³-hybridized carbons (Fsp3) is 0.0741. The Balaban J connectivity index is 1.46. The number of ketones is 1. The van der Waals surface area contributed by atoms with E-state index in [9.17, 15) is 9.59 Å². The summed E-state index contributed by atoms with van der Waals surface area (Å²) in [5, 5.41) is 3.80. The van der Waals surface area contributed by atoms with Gasteiger partial charge in [0.25, 0.3) is 5.91 Å². The van der Waals surface area contributed by atoms with Crippen molar-refractivity contribution in [1.82, 2.24) is 4.98 Å². The highest BCUT2D eigenvalue weighted by atomic mass is 16.2. The van der Waals surface area contributed by atoms with Crippen LogP contribution in [0.3, 0.4) is 0 Å². The molecule has 1 aromatic heterocycles. The van der Waals surface area contributed by atoms with Gasteiger partial charge in [-0.2, -0.15) is 0 Å². The number of allylic oxidation sites excluding steroid dienone is 1. The summed E-state index contributed by atoms with van der Waals surface area (Å²) in [5.41, 5.74) is 4.15. The minimum atomic E-state index is -0.322. The molecule has 0 aliphatic carbocycles. The third-order valence-electron chi connectivity index (χ3n) is 5.07. The molecule has 0 bridgehead atoms. The molecule has 32 heavy (non-hydrogen) atoms. The average molecular weight is 422 g/mol. The Morgan fingerprint density at radius 3 is 2.44 bits per heavy atom. The molecule has 3 aromatic carbocycles. The molecule has 0 unspecified atom stereocenters. The lowest BCUT2D eigenvalue weighted by molar-refractivity contribution is 0.101. The zero-order valence-corrected chi connectivity index (χ0v) is 17.9. The standard InChI is InChI=1S/C27H23N3O2/c1-30(2)23-14-10-19(11-15-23)12-17-26(31)21-7-5-8-22(18-21)28-27(32)25-16-13-20-6-3-4-9-24(20)29-25/h3-18H,1-2H3,(H,28,32)/b17-12+. The van der Waals surface area contributed by atoms with Crippen LogP contribution in [0.25, 0.3) is 17.0 Å². The van der Waals surface area contributed by atoms with E-state index < -0.39 is 0 Å². The van der Waals surface area contributed by atoms with Gasteiger partial charge in [0, 0.05) is 36.4 Å². The van der Waals surface area contributed by atoms with E-state index in [1.807, 2.05) is 73.6 Å². The van der Waals surface area contributed by atoms with E-state index in [2.05, 4.69) is 10.3 Å². The summed E-state index contributed by atoms with van der Waals surface area (Å²) in [4.78, 5) is 31.7. The fourth-order valence-corrected chi connectivity index (χ4v) is 3.29. The molecule has 4 aromatic rings. The van der Waals surface area contributed by atoms with Crippen molar-refractivity contribution in [3.05, 3.63) is 108 Å². The highest BCUT2D eigenvalue weighted by Gasteiger charge is 2.10. The number of hydrogen-bond acceptors (Lipinski definition) is 4. The van der Waals surface area contributed by atoms with Crippen LogP contribution in [-0.4, -0.2) is 30.8 Å². The first kappa shape index (κ1) is 21.0. The van der Waals surface area contributed by atoms with Crippen molar-refractivity contribution in [2.75, 3.05) is 24.3 Å². The first-order valence-electron chi connectivity index (χ1n) is 10.3. The molecule has 0 aliphatic rings. The van der Waals surface area contributed by atoms with Gasteiger partial charge in [-0.15, -0.1) is 0 Å². The Hall–Kier alpha value is -4.25. The Bertz CT molecular complexity index is 1310. The van der Waals surface area contributed by atoms with Gasteiger partial charge in [-0.1, -0.05) is 54.6 Å². The number of hydrogen-bond donors (Lipinski definition) is 1. The van der Waals surface area contributed by atoms with Crippen LogP contribution < -0.4 is 10.2 Å². The molecule has 5 nitrogen and oxygen atoms in total. The van der Waals surface area contributed by atoms with Gasteiger partial charge in [0.15, 0.2) is 5.78 Å². The minimum absolute atomic E-state index is 0.137. The second kappa shape index (κ2) is 9.27. The number of aromatic nitrogens is 1. The highest BCUT2D eigenvalue weighted by molar-refractivity contribution is 6.08. The molecule has 0 spiro atoms. The van der Waals surface area contributed by atoms with Crippen LogP contribution in [0.2, 0.25) is 0 Å². The molecule has 0 radical (unpaired) electrons. The minimum Gasteiger partial charge on any atom is -0.378 e. The number of carbonyl (C=O) groups is 2. The molecule has 1 N–H and O–H groups in total. The van der Waals surface area contributed by atoms with Gasteiger partial charge < -0.3 is 10.2 Å². The number of nitrogens with one attached hydrogen (secondary N) is 1. The summed E-state index contributed by atoms with van der Waals surface area (Å²) < 4.78 is 0. The van der Waals surface area contributed by atoms with Crippen molar-refractivity contribution < 1.29 is 9.59 Å². The molecule has 158 valence electrons. The summed E-state index contributed by atoms with van der Waals surface area (Å²) in [7, 11) is 3.96. The van der Waals surface area contributed by atoms with E-state index in [-0.39, 0.29) is 11.7 Å². The molecule has 4 rings (SSSR count). The van der Waals surface area contributed by atoms with E-state index in [0.717, 1.165) is 22.2 Å². The van der Waals surface area contributed by atoms with Gasteiger partial charge in [-0.05, 0) is 48.0 Å². The van der Waals surface area contributed by atoms with Crippen LogP contribution in [0.4, 0.5) is 11.4 Å². The molecule has 0 aliphatic heterocycles. The fourth-order valence-electron chi connectivity index (χ4n) is 3.29. The van der Waals surface area contributed by atoms with Crippen molar-refractivity contribution in [1.29, 1.82) is 0 Å². The van der Waals surface area contributed by atoms with Crippen LogP contribution in [0.5, 0.6) is 0 Å². The van der Waals surface area contributed by atoms with Gasteiger partial charge in [0.05, 0.1) is 5.52 Å². The molecule has 0 fully saturated rings. The normalized spacial score (nSPS) is 10.9.